The fourth-order valence-electron chi connectivity index (χ4n) is 2.58. The van der Waals surface area contributed by atoms with Gasteiger partial charge in [-0.15, -0.1) is 0 Å². The minimum Gasteiger partial charge on any atom is -0.331 e. The van der Waals surface area contributed by atoms with Gasteiger partial charge in [0.25, 0.3) is 0 Å². The molecule has 0 atom stereocenters. The molecule has 1 N–H and O–H groups in total. The maximum atomic E-state index is 12.4. The fourth-order valence-corrected chi connectivity index (χ4v) is 3.87. The van der Waals surface area contributed by atoms with Crippen molar-refractivity contribution in [1.82, 2.24) is 9.55 Å². The highest BCUT2D eigenvalue weighted by molar-refractivity contribution is 7.91. The lowest BCUT2D eigenvalue weighted by molar-refractivity contribution is 0.600. The van der Waals surface area contributed by atoms with Crippen LogP contribution >= 0.6 is 0 Å². The Balaban J connectivity index is 1.87. The minimum absolute atomic E-state index is 0.0427. The van der Waals surface area contributed by atoms with Crippen LogP contribution in [0.4, 0.5) is 5.69 Å². The third-order valence-corrected chi connectivity index (χ3v) is 5.22. The number of sulfonamides is 1. The van der Waals surface area contributed by atoms with Gasteiger partial charge >= 0.3 is 0 Å². The van der Waals surface area contributed by atoms with Crippen molar-refractivity contribution in [3.05, 3.63) is 59.4 Å². The van der Waals surface area contributed by atoms with E-state index in [9.17, 15) is 8.42 Å². The maximum Gasteiger partial charge on any atom is 0.236 e. The molecule has 5 nitrogen and oxygen atoms in total. The van der Waals surface area contributed by atoms with E-state index in [1.165, 1.54) is 0 Å². The number of benzene rings is 2. The van der Waals surface area contributed by atoms with Gasteiger partial charge in [0.15, 0.2) is 0 Å². The van der Waals surface area contributed by atoms with Crippen molar-refractivity contribution in [3.8, 4) is 0 Å². The molecule has 0 aliphatic heterocycles. The van der Waals surface area contributed by atoms with E-state index in [-0.39, 0.29) is 5.75 Å². The molecule has 0 unspecified atom stereocenters. The third-order valence-electron chi connectivity index (χ3n) is 3.98. The van der Waals surface area contributed by atoms with Crippen molar-refractivity contribution in [1.29, 1.82) is 0 Å². The van der Waals surface area contributed by atoms with Gasteiger partial charge in [0.05, 0.1) is 22.5 Å². The van der Waals surface area contributed by atoms with Crippen LogP contribution in [0.3, 0.4) is 0 Å². The van der Waals surface area contributed by atoms with E-state index in [0.29, 0.717) is 5.69 Å². The van der Waals surface area contributed by atoms with Crippen molar-refractivity contribution in [2.24, 2.45) is 7.05 Å². The Bertz CT molecular complexity index is 975. The largest absolute Gasteiger partial charge is 0.331 e. The third kappa shape index (κ3) is 3.22. The zero-order chi connectivity index (χ0) is 16.6. The SMILES string of the molecule is Cc1ccccc1CS(=O)(=O)Nc1ccc2c(c1)nc(C)n2C. The summed E-state index contributed by atoms with van der Waals surface area (Å²) in [6.45, 7) is 3.83. The number of hydrogen-bond acceptors (Lipinski definition) is 3. The Hall–Kier alpha value is -2.34. The summed E-state index contributed by atoms with van der Waals surface area (Å²) in [6.07, 6.45) is 0. The quantitative estimate of drug-likeness (QED) is 0.800. The number of aryl methyl sites for hydroxylation is 3. The monoisotopic (exact) mass is 329 g/mol. The lowest BCUT2D eigenvalue weighted by Gasteiger charge is -2.10. The number of imidazole rings is 1. The Morgan fingerprint density at radius 1 is 1.13 bits per heavy atom. The molecule has 120 valence electrons. The summed E-state index contributed by atoms with van der Waals surface area (Å²) in [5, 5.41) is 0. The van der Waals surface area contributed by atoms with Crippen LogP contribution in [0.25, 0.3) is 11.0 Å². The molecule has 3 aromatic rings. The first-order chi connectivity index (χ1) is 10.9. The summed E-state index contributed by atoms with van der Waals surface area (Å²) >= 11 is 0. The first-order valence-electron chi connectivity index (χ1n) is 7.34. The van der Waals surface area contributed by atoms with Gasteiger partial charge < -0.3 is 4.57 Å². The summed E-state index contributed by atoms with van der Waals surface area (Å²) in [6, 6.07) is 12.9. The number of nitrogens with zero attached hydrogens (tertiary/aromatic N) is 2. The van der Waals surface area contributed by atoms with Crippen molar-refractivity contribution >= 4 is 26.7 Å². The molecule has 6 heteroatoms. The van der Waals surface area contributed by atoms with Gasteiger partial charge in [0.1, 0.15) is 5.82 Å². The molecule has 23 heavy (non-hydrogen) atoms. The summed E-state index contributed by atoms with van der Waals surface area (Å²) in [4.78, 5) is 4.43. The van der Waals surface area contributed by atoms with E-state index < -0.39 is 10.0 Å². The maximum absolute atomic E-state index is 12.4. The van der Waals surface area contributed by atoms with E-state index in [4.69, 9.17) is 0 Å². The van der Waals surface area contributed by atoms with E-state index in [1.54, 1.807) is 12.1 Å². The van der Waals surface area contributed by atoms with E-state index in [2.05, 4.69) is 9.71 Å². The van der Waals surface area contributed by atoms with Gasteiger partial charge in [-0.05, 0) is 43.2 Å². The molecule has 0 aliphatic carbocycles. The van der Waals surface area contributed by atoms with Gasteiger partial charge in [0.2, 0.25) is 10.0 Å². The van der Waals surface area contributed by atoms with Crippen molar-refractivity contribution in [2.75, 3.05) is 4.72 Å². The molecule has 0 saturated heterocycles. The molecule has 3 rings (SSSR count). The Morgan fingerprint density at radius 2 is 1.87 bits per heavy atom. The van der Waals surface area contributed by atoms with E-state index in [1.807, 2.05) is 55.8 Å². The number of nitrogens with one attached hydrogen (secondary N) is 1. The van der Waals surface area contributed by atoms with Crippen LogP contribution < -0.4 is 4.72 Å². The molecular formula is C17H19N3O2S. The Kier molecular flexibility index (Phi) is 3.85. The number of fused-ring (bicyclic) bond motifs is 1. The molecule has 0 aliphatic rings. The minimum atomic E-state index is -3.47. The number of anilines is 1. The molecule has 0 spiro atoms. The second kappa shape index (κ2) is 5.70. The molecule has 2 aromatic carbocycles. The summed E-state index contributed by atoms with van der Waals surface area (Å²) in [5.74, 6) is 0.846. The predicted molar refractivity (Wildman–Crippen MR) is 92.9 cm³/mol. The molecule has 1 heterocycles. The van der Waals surface area contributed by atoms with Gasteiger partial charge in [-0.2, -0.15) is 0 Å². The standard InChI is InChI=1S/C17H19N3O2S/c1-12-6-4-5-7-14(12)11-23(21,22)19-15-8-9-17-16(10-15)18-13(2)20(17)3/h4-10,19H,11H2,1-3H3. The van der Waals surface area contributed by atoms with Crippen LogP contribution in [0.1, 0.15) is 17.0 Å². The summed E-state index contributed by atoms with van der Waals surface area (Å²) in [5.41, 5.74) is 4.05. The van der Waals surface area contributed by atoms with Crippen LogP contribution in [0.5, 0.6) is 0 Å². The van der Waals surface area contributed by atoms with Crippen LogP contribution in [0, 0.1) is 13.8 Å². The van der Waals surface area contributed by atoms with E-state index >= 15 is 0 Å². The van der Waals surface area contributed by atoms with E-state index in [0.717, 1.165) is 28.0 Å². The fraction of sp³-hybridized carbons (Fsp3) is 0.235. The molecule has 1 aromatic heterocycles. The lowest BCUT2D eigenvalue weighted by atomic mass is 10.1. The first kappa shape index (κ1) is 15.6. The van der Waals surface area contributed by atoms with Crippen LogP contribution in [0.15, 0.2) is 42.5 Å². The lowest BCUT2D eigenvalue weighted by Crippen LogP contribution is -2.15. The number of aromatic nitrogens is 2. The van der Waals surface area contributed by atoms with Crippen LogP contribution in [-0.4, -0.2) is 18.0 Å². The molecule has 0 amide bonds. The zero-order valence-corrected chi connectivity index (χ0v) is 14.2. The smallest absolute Gasteiger partial charge is 0.236 e. The molecule has 0 fully saturated rings. The van der Waals surface area contributed by atoms with Crippen LogP contribution in [-0.2, 0) is 22.8 Å². The van der Waals surface area contributed by atoms with Crippen molar-refractivity contribution in [3.63, 3.8) is 0 Å². The van der Waals surface area contributed by atoms with Crippen molar-refractivity contribution in [2.45, 2.75) is 19.6 Å². The van der Waals surface area contributed by atoms with Crippen LogP contribution in [0.2, 0.25) is 0 Å². The highest BCUT2D eigenvalue weighted by Crippen LogP contribution is 2.21. The Labute approximate surface area is 136 Å². The zero-order valence-electron chi connectivity index (χ0n) is 13.4. The second-order valence-electron chi connectivity index (χ2n) is 5.71. The molecule has 0 saturated carbocycles. The molecule has 0 radical (unpaired) electrons. The molecule has 0 bridgehead atoms. The van der Waals surface area contributed by atoms with Gasteiger partial charge in [-0.1, -0.05) is 24.3 Å². The first-order valence-corrected chi connectivity index (χ1v) is 8.99. The normalized spacial score (nSPS) is 11.8. The van der Waals surface area contributed by atoms with Crippen molar-refractivity contribution < 1.29 is 8.42 Å². The summed E-state index contributed by atoms with van der Waals surface area (Å²) in [7, 11) is -1.53. The average Bonchev–Trinajstić information content (AvgIpc) is 2.75. The number of rotatable bonds is 4. The Morgan fingerprint density at radius 3 is 2.61 bits per heavy atom. The summed E-state index contributed by atoms with van der Waals surface area (Å²) < 4.78 is 29.4. The van der Waals surface area contributed by atoms with Gasteiger partial charge in [0, 0.05) is 7.05 Å². The predicted octanol–water partition coefficient (Wildman–Crippen LogP) is 3.13. The molecular weight excluding hydrogens is 310 g/mol. The topological polar surface area (TPSA) is 64.0 Å². The van der Waals surface area contributed by atoms with Gasteiger partial charge in [-0.3, -0.25) is 4.72 Å². The second-order valence-corrected chi connectivity index (χ2v) is 7.43. The average molecular weight is 329 g/mol. The van der Waals surface area contributed by atoms with Gasteiger partial charge in [-0.25, -0.2) is 13.4 Å². The number of hydrogen-bond donors (Lipinski definition) is 1. The highest BCUT2D eigenvalue weighted by Gasteiger charge is 2.14. The highest BCUT2D eigenvalue weighted by atomic mass is 32.2.